The topological polar surface area (TPSA) is 30.5 Å². The summed E-state index contributed by atoms with van der Waals surface area (Å²) in [5.41, 5.74) is 1.33. The molecule has 0 saturated heterocycles. The predicted molar refractivity (Wildman–Crippen MR) is 82.2 cm³/mol. The minimum Gasteiger partial charge on any atom is -0.497 e. The molecule has 0 amide bonds. The Bertz CT molecular complexity index is 390. The summed E-state index contributed by atoms with van der Waals surface area (Å²) in [4.78, 5) is 0. The number of nitrogens with one attached hydrogen (secondary N) is 1. The first-order valence-electron chi connectivity index (χ1n) is 7.71. The van der Waals surface area contributed by atoms with Crippen LogP contribution in [0.3, 0.4) is 0 Å². The molecule has 0 heterocycles. The van der Waals surface area contributed by atoms with Crippen LogP contribution in [0.5, 0.6) is 5.75 Å². The molecule has 3 unspecified atom stereocenters. The number of benzene rings is 1. The van der Waals surface area contributed by atoms with Crippen LogP contribution in [-0.2, 0) is 4.74 Å². The van der Waals surface area contributed by atoms with Crippen molar-refractivity contribution in [1.29, 1.82) is 0 Å². The molecule has 0 spiro atoms. The minimum atomic E-state index is 0.357. The fourth-order valence-electron chi connectivity index (χ4n) is 3.11. The van der Waals surface area contributed by atoms with Crippen molar-refractivity contribution in [2.45, 2.75) is 57.2 Å². The molecule has 0 bridgehead atoms. The van der Waals surface area contributed by atoms with Crippen LogP contribution in [0.15, 0.2) is 24.3 Å². The fraction of sp³-hybridized carbons (Fsp3) is 0.647. The Hall–Kier alpha value is -1.06. The molecular weight excluding hydrogens is 250 g/mol. The third-order valence-electron chi connectivity index (χ3n) is 4.35. The quantitative estimate of drug-likeness (QED) is 0.860. The van der Waals surface area contributed by atoms with Crippen LogP contribution in [0.1, 0.15) is 50.6 Å². The molecule has 1 saturated carbocycles. The molecule has 0 aliphatic heterocycles. The van der Waals surface area contributed by atoms with Crippen LogP contribution in [0.2, 0.25) is 0 Å². The van der Waals surface area contributed by atoms with Gasteiger partial charge in [0, 0.05) is 19.2 Å². The molecular formula is C17H27NO2. The van der Waals surface area contributed by atoms with Gasteiger partial charge in [-0.3, -0.25) is 0 Å². The fourth-order valence-corrected chi connectivity index (χ4v) is 3.11. The van der Waals surface area contributed by atoms with E-state index in [-0.39, 0.29) is 0 Å². The summed E-state index contributed by atoms with van der Waals surface area (Å²) in [5.74, 6) is 0.913. The third-order valence-corrected chi connectivity index (χ3v) is 4.35. The molecule has 0 aromatic heterocycles. The van der Waals surface area contributed by atoms with E-state index in [1.165, 1.54) is 31.2 Å². The van der Waals surface area contributed by atoms with Crippen LogP contribution >= 0.6 is 0 Å². The van der Waals surface area contributed by atoms with E-state index in [2.05, 4.69) is 24.4 Å². The Kier molecular flexibility index (Phi) is 5.86. The van der Waals surface area contributed by atoms with E-state index in [4.69, 9.17) is 9.47 Å². The molecule has 2 rings (SSSR count). The molecule has 1 aliphatic carbocycles. The van der Waals surface area contributed by atoms with Crippen molar-refractivity contribution in [1.82, 2.24) is 5.32 Å². The molecule has 1 aromatic rings. The first-order valence-corrected chi connectivity index (χ1v) is 7.71. The molecule has 1 N–H and O–H groups in total. The number of ether oxygens (including phenoxy) is 2. The van der Waals surface area contributed by atoms with E-state index in [0.717, 1.165) is 12.2 Å². The van der Waals surface area contributed by atoms with Crippen molar-refractivity contribution in [3.63, 3.8) is 0 Å². The molecule has 1 fully saturated rings. The first-order chi connectivity index (χ1) is 9.78. The van der Waals surface area contributed by atoms with E-state index in [9.17, 15) is 0 Å². The van der Waals surface area contributed by atoms with Crippen molar-refractivity contribution < 1.29 is 9.47 Å². The summed E-state index contributed by atoms with van der Waals surface area (Å²) in [6.07, 6.45) is 6.42. The summed E-state index contributed by atoms with van der Waals surface area (Å²) in [5, 5.41) is 3.79. The van der Waals surface area contributed by atoms with Crippen LogP contribution < -0.4 is 10.1 Å². The lowest BCUT2D eigenvalue weighted by atomic mass is 9.90. The zero-order chi connectivity index (χ0) is 14.4. The van der Waals surface area contributed by atoms with Crippen LogP contribution in [0.4, 0.5) is 0 Å². The highest BCUT2D eigenvalue weighted by molar-refractivity contribution is 5.29. The van der Waals surface area contributed by atoms with Gasteiger partial charge in [0.1, 0.15) is 5.75 Å². The van der Waals surface area contributed by atoms with Crippen molar-refractivity contribution >= 4 is 0 Å². The van der Waals surface area contributed by atoms with Crippen LogP contribution in [-0.4, -0.2) is 26.4 Å². The molecule has 3 atom stereocenters. The largest absolute Gasteiger partial charge is 0.497 e. The second-order valence-electron chi connectivity index (χ2n) is 5.57. The van der Waals surface area contributed by atoms with Gasteiger partial charge in [0.15, 0.2) is 0 Å². The monoisotopic (exact) mass is 277 g/mol. The zero-order valence-electron chi connectivity index (χ0n) is 12.9. The minimum absolute atomic E-state index is 0.357. The van der Waals surface area contributed by atoms with E-state index in [0.29, 0.717) is 18.2 Å². The van der Waals surface area contributed by atoms with Gasteiger partial charge in [0.2, 0.25) is 0 Å². The molecule has 20 heavy (non-hydrogen) atoms. The summed E-state index contributed by atoms with van der Waals surface area (Å²) in [6.45, 7) is 2.23. The number of methoxy groups -OCH3 is 2. The van der Waals surface area contributed by atoms with Gasteiger partial charge in [-0.1, -0.05) is 31.9 Å². The van der Waals surface area contributed by atoms with Crippen molar-refractivity contribution in [2.24, 2.45) is 0 Å². The zero-order valence-corrected chi connectivity index (χ0v) is 12.9. The van der Waals surface area contributed by atoms with Gasteiger partial charge in [-0.05, 0) is 37.0 Å². The molecule has 112 valence electrons. The highest BCUT2D eigenvalue weighted by Gasteiger charge is 2.26. The average molecular weight is 277 g/mol. The summed E-state index contributed by atoms with van der Waals surface area (Å²) >= 11 is 0. The Morgan fingerprint density at radius 3 is 2.45 bits per heavy atom. The maximum atomic E-state index is 5.64. The van der Waals surface area contributed by atoms with Crippen molar-refractivity contribution in [3.05, 3.63) is 29.8 Å². The second-order valence-corrected chi connectivity index (χ2v) is 5.57. The number of rotatable bonds is 6. The molecule has 0 radical (unpaired) electrons. The second kappa shape index (κ2) is 7.65. The Morgan fingerprint density at radius 2 is 1.85 bits per heavy atom. The number of hydrogen-bond donors (Lipinski definition) is 1. The smallest absolute Gasteiger partial charge is 0.118 e. The summed E-state index contributed by atoms with van der Waals surface area (Å²) < 4.78 is 10.9. The van der Waals surface area contributed by atoms with Crippen LogP contribution in [0, 0.1) is 0 Å². The van der Waals surface area contributed by atoms with Gasteiger partial charge in [-0.15, -0.1) is 0 Å². The van der Waals surface area contributed by atoms with E-state index < -0.39 is 0 Å². The maximum absolute atomic E-state index is 5.64. The van der Waals surface area contributed by atoms with E-state index in [1.807, 2.05) is 19.2 Å². The van der Waals surface area contributed by atoms with Gasteiger partial charge < -0.3 is 14.8 Å². The van der Waals surface area contributed by atoms with Crippen molar-refractivity contribution in [3.8, 4) is 5.75 Å². The Balaban J connectivity index is 2.03. The first kappa shape index (κ1) is 15.3. The Morgan fingerprint density at radius 1 is 1.15 bits per heavy atom. The normalized spacial score (nSPS) is 24.4. The van der Waals surface area contributed by atoms with Gasteiger partial charge >= 0.3 is 0 Å². The van der Waals surface area contributed by atoms with E-state index in [1.54, 1.807) is 7.11 Å². The van der Waals surface area contributed by atoms with Crippen LogP contribution in [0.25, 0.3) is 0 Å². The Labute approximate surface area is 122 Å². The molecule has 1 aromatic carbocycles. The maximum Gasteiger partial charge on any atom is 0.118 e. The molecule has 3 heteroatoms. The molecule has 1 aliphatic rings. The average Bonchev–Trinajstić information content (AvgIpc) is 2.53. The van der Waals surface area contributed by atoms with E-state index >= 15 is 0 Å². The lowest BCUT2D eigenvalue weighted by Crippen LogP contribution is -2.44. The standard InChI is InChI=1S/C17H27NO2/c1-4-15(13-9-11-14(19-2)12-10-13)18-16-7-5-6-8-17(16)20-3/h9-12,15-18H,4-8H2,1-3H3. The molecule has 3 nitrogen and oxygen atoms in total. The summed E-state index contributed by atoms with van der Waals surface area (Å²) in [6, 6.07) is 9.25. The SMILES string of the molecule is CCC(NC1CCCCC1OC)c1ccc(OC)cc1. The van der Waals surface area contributed by atoms with Gasteiger partial charge in [-0.25, -0.2) is 0 Å². The van der Waals surface area contributed by atoms with Gasteiger partial charge in [0.05, 0.1) is 13.2 Å². The lowest BCUT2D eigenvalue weighted by Gasteiger charge is -2.34. The van der Waals surface area contributed by atoms with Crippen molar-refractivity contribution in [2.75, 3.05) is 14.2 Å². The van der Waals surface area contributed by atoms with Gasteiger partial charge in [0.25, 0.3) is 0 Å². The predicted octanol–water partition coefficient (Wildman–Crippen LogP) is 3.69. The number of hydrogen-bond acceptors (Lipinski definition) is 3. The highest BCUT2D eigenvalue weighted by Crippen LogP contribution is 2.26. The third kappa shape index (κ3) is 3.74. The van der Waals surface area contributed by atoms with Gasteiger partial charge in [-0.2, -0.15) is 0 Å². The summed E-state index contributed by atoms with van der Waals surface area (Å²) in [7, 11) is 3.54. The lowest BCUT2D eigenvalue weighted by molar-refractivity contribution is 0.0374. The highest BCUT2D eigenvalue weighted by atomic mass is 16.5.